The van der Waals surface area contributed by atoms with Gasteiger partial charge in [-0.3, -0.25) is 9.59 Å². The number of benzene rings is 2. The van der Waals surface area contributed by atoms with E-state index in [0.717, 1.165) is 22.4 Å². The van der Waals surface area contributed by atoms with E-state index in [9.17, 15) is 9.59 Å². The third kappa shape index (κ3) is 5.87. The number of halogens is 1. The summed E-state index contributed by atoms with van der Waals surface area (Å²) >= 11 is 6.18. The predicted molar refractivity (Wildman–Crippen MR) is 113 cm³/mol. The maximum absolute atomic E-state index is 12.9. The number of rotatable bonds is 8. The molecule has 156 valence electrons. The highest BCUT2D eigenvalue weighted by Gasteiger charge is 2.26. The van der Waals surface area contributed by atoms with E-state index in [-0.39, 0.29) is 25.0 Å². The monoisotopic (exact) mass is 418 g/mol. The lowest BCUT2D eigenvalue weighted by atomic mass is 10.1. The molecule has 0 radical (unpaired) electrons. The van der Waals surface area contributed by atoms with Crippen molar-refractivity contribution in [3.05, 3.63) is 58.1 Å². The number of hydrogen-bond acceptors (Lipinski definition) is 4. The molecule has 0 spiro atoms. The van der Waals surface area contributed by atoms with E-state index in [1.807, 2.05) is 38.1 Å². The molecule has 1 atom stereocenters. The number of aryl methyl sites for hydroxylation is 2. The van der Waals surface area contributed by atoms with Gasteiger partial charge in [0.2, 0.25) is 5.91 Å². The molecule has 7 heteroatoms. The number of ether oxygens (including phenoxy) is 2. The summed E-state index contributed by atoms with van der Waals surface area (Å²) in [4.78, 5) is 26.6. The van der Waals surface area contributed by atoms with Gasteiger partial charge in [0.05, 0.1) is 7.11 Å². The SMILES string of the molecule is CNC(=O)[C@@H](C)N(Cc1ccc(OC)cc1)C(=O)COc1cc(C)c(Cl)c(C)c1. The van der Waals surface area contributed by atoms with Gasteiger partial charge in [0.25, 0.3) is 5.91 Å². The Morgan fingerprint density at radius 2 is 1.69 bits per heavy atom. The topological polar surface area (TPSA) is 67.9 Å². The first-order valence-corrected chi connectivity index (χ1v) is 9.68. The number of amides is 2. The van der Waals surface area contributed by atoms with Crippen molar-refractivity contribution in [3.63, 3.8) is 0 Å². The van der Waals surface area contributed by atoms with Crippen LogP contribution in [0.4, 0.5) is 0 Å². The molecule has 1 N–H and O–H groups in total. The Balaban J connectivity index is 2.16. The van der Waals surface area contributed by atoms with E-state index < -0.39 is 6.04 Å². The summed E-state index contributed by atoms with van der Waals surface area (Å²) in [5.41, 5.74) is 2.64. The van der Waals surface area contributed by atoms with Gasteiger partial charge in [0.15, 0.2) is 6.61 Å². The Morgan fingerprint density at radius 1 is 1.10 bits per heavy atom. The Labute approximate surface area is 176 Å². The lowest BCUT2D eigenvalue weighted by Gasteiger charge is -2.28. The van der Waals surface area contributed by atoms with Crippen LogP contribution in [0, 0.1) is 13.8 Å². The van der Waals surface area contributed by atoms with Crippen LogP contribution in [0.1, 0.15) is 23.6 Å². The fraction of sp³-hybridized carbons (Fsp3) is 0.364. The molecule has 0 aliphatic heterocycles. The Morgan fingerprint density at radius 3 is 2.21 bits per heavy atom. The third-order valence-corrected chi connectivity index (χ3v) is 5.29. The lowest BCUT2D eigenvalue weighted by molar-refractivity contribution is -0.142. The van der Waals surface area contributed by atoms with Crippen molar-refractivity contribution >= 4 is 23.4 Å². The van der Waals surface area contributed by atoms with Gasteiger partial charge in [-0.05, 0) is 61.7 Å². The number of methoxy groups -OCH3 is 1. The first-order chi connectivity index (χ1) is 13.8. The van der Waals surface area contributed by atoms with E-state index in [0.29, 0.717) is 10.8 Å². The van der Waals surface area contributed by atoms with E-state index >= 15 is 0 Å². The minimum atomic E-state index is -0.646. The summed E-state index contributed by atoms with van der Waals surface area (Å²) < 4.78 is 10.9. The van der Waals surface area contributed by atoms with E-state index in [2.05, 4.69) is 5.32 Å². The average Bonchev–Trinajstić information content (AvgIpc) is 2.73. The highest BCUT2D eigenvalue weighted by Crippen LogP contribution is 2.26. The second-order valence-corrected chi connectivity index (χ2v) is 7.20. The molecule has 0 bridgehead atoms. The molecule has 0 aliphatic carbocycles. The van der Waals surface area contributed by atoms with Crippen molar-refractivity contribution in [1.82, 2.24) is 10.2 Å². The largest absolute Gasteiger partial charge is 0.497 e. The fourth-order valence-corrected chi connectivity index (χ4v) is 3.05. The standard InChI is InChI=1S/C22H27ClN2O4/c1-14-10-19(11-15(2)21(14)23)29-13-20(26)25(16(3)22(27)24-4)12-17-6-8-18(28-5)9-7-17/h6-11,16H,12-13H2,1-5H3,(H,24,27)/t16-/m1/s1. The number of nitrogens with zero attached hydrogens (tertiary/aromatic N) is 1. The molecule has 2 amide bonds. The van der Waals surface area contributed by atoms with Crippen LogP contribution in [-0.4, -0.2) is 43.5 Å². The number of likely N-dealkylation sites (N-methyl/N-ethyl adjacent to an activating group) is 1. The molecule has 29 heavy (non-hydrogen) atoms. The van der Waals surface area contributed by atoms with E-state index in [4.69, 9.17) is 21.1 Å². The Bertz CT molecular complexity index is 845. The van der Waals surface area contributed by atoms with Gasteiger partial charge in [0, 0.05) is 18.6 Å². The van der Waals surface area contributed by atoms with Gasteiger partial charge in [0.1, 0.15) is 17.5 Å². The van der Waals surface area contributed by atoms with Gasteiger partial charge in [-0.15, -0.1) is 0 Å². The molecule has 6 nitrogen and oxygen atoms in total. The number of hydrogen-bond donors (Lipinski definition) is 1. The first-order valence-electron chi connectivity index (χ1n) is 9.30. The van der Waals surface area contributed by atoms with Crippen molar-refractivity contribution in [2.24, 2.45) is 0 Å². The number of nitrogens with one attached hydrogen (secondary N) is 1. The first kappa shape index (κ1) is 22.6. The summed E-state index contributed by atoms with van der Waals surface area (Å²) in [5, 5.41) is 3.27. The average molecular weight is 419 g/mol. The number of carbonyl (C=O) groups is 2. The van der Waals surface area contributed by atoms with Crippen molar-refractivity contribution in [1.29, 1.82) is 0 Å². The highest BCUT2D eigenvalue weighted by atomic mass is 35.5. The highest BCUT2D eigenvalue weighted by molar-refractivity contribution is 6.32. The van der Waals surface area contributed by atoms with Crippen molar-refractivity contribution < 1.29 is 19.1 Å². The Hall–Kier alpha value is -2.73. The zero-order valence-electron chi connectivity index (χ0n) is 17.4. The predicted octanol–water partition coefficient (Wildman–Crippen LogP) is 3.51. The summed E-state index contributed by atoms with van der Waals surface area (Å²) in [6.07, 6.45) is 0. The quantitative estimate of drug-likeness (QED) is 0.712. The van der Waals surface area contributed by atoms with Crippen LogP contribution < -0.4 is 14.8 Å². The molecule has 0 saturated heterocycles. The summed E-state index contributed by atoms with van der Waals surface area (Å²) in [6, 6.07) is 10.3. The van der Waals surface area contributed by atoms with Gasteiger partial charge in [-0.25, -0.2) is 0 Å². The molecule has 0 unspecified atom stereocenters. The second-order valence-electron chi connectivity index (χ2n) is 6.82. The minimum absolute atomic E-state index is 0.183. The second kappa shape index (κ2) is 10.2. The van der Waals surface area contributed by atoms with Crippen LogP contribution in [-0.2, 0) is 16.1 Å². The van der Waals surface area contributed by atoms with E-state index in [1.165, 1.54) is 4.90 Å². The molecule has 2 aromatic carbocycles. The maximum atomic E-state index is 12.9. The lowest BCUT2D eigenvalue weighted by Crippen LogP contribution is -2.48. The van der Waals surface area contributed by atoms with Crippen LogP contribution in [0.15, 0.2) is 36.4 Å². The molecule has 0 heterocycles. The third-order valence-electron chi connectivity index (χ3n) is 4.70. The minimum Gasteiger partial charge on any atom is -0.497 e. The van der Waals surface area contributed by atoms with Crippen molar-refractivity contribution in [3.8, 4) is 11.5 Å². The Kier molecular flexibility index (Phi) is 7.91. The van der Waals surface area contributed by atoms with Crippen LogP contribution in [0.3, 0.4) is 0 Å². The summed E-state index contributed by atoms with van der Waals surface area (Å²) in [7, 11) is 3.14. The van der Waals surface area contributed by atoms with Gasteiger partial charge < -0.3 is 19.7 Å². The fourth-order valence-electron chi connectivity index (χ4n) is 2.94. The summed E-state index contributed by atoms with van der Waals surface area (Å²) in [6.45, 7) is 5.55. The van der Waals surface area contributed by atoms with Crippen LogP contribution in [0.5, 0.6) is 11.5 Å². The smallest absolute Gasteiger partial charge is 0.261 e. The normalized spacial score (nSPS) is 11.5. The maximum Gasteiger partial charge on any atom is 0.261 e. The van der Waals surface area contributed by atoms with Crippen molar-refractivity contribution in [2.75, 3.05) is 20.8 Å². The number of carbonyl (C=O) groups excluding carboxylic acids is 2. The van der Waals surface area contributed by atoms with Gasteiger partial charge in [-0.1, -0.05) is 23.7 Å². The zero-order chi connectivity index (χ0) is 21.6. The molecule has 0 aromatic heterocycles. The van der Waals surface area contributed by atoms with Crippen LogP contribution in [0.25, 0.3) is 0 Å². The molecular formula is C22H27ClN2O4. The van der Waals surface area contributed by atoms with E-state index in [1.54, 1.807) is 33.2 Å². The molecule has 2 rings (SSSR count). The molecule has 2 aromatic rings. The van der Waals surface area contributed by atoms with Crippen LogP contribution >= 0.6 is 11.6 Å². The van der Waals surface area contributed by atoms with Gasteiger partial charge >= 0.3 is 0 Å². The van der Waals surface area contributed by atoms with Crippen molar-refractivity contribution in [2.45, 2.75) is 33.4 Å². The van der Waals surface area contributed by atoms with Crippen LogP contribution in [0.2, 0.25) is 5.02 Å². The zero-order valence-corrected chi connectivity index (χ0v) is 18.2. The summed E-state index contributed by atoms with van der Waals surface area (Å²) in [5.74, 6) is 0.754. The molecule has 0 saturated carbocycles. The molecular weight excluding hydrogens is 392 g/mol. The van der Waals surface area contributed by atoms with Gasteiger partial charge in [-0.2, -0.15) is 0 Å². The molecule has 0 aliphatic rings. The molecule has 0 fully saturated rings.